The van der Waals surface area contributed by atoms with Gasteiger partial charge in [0.2, 0.25) is 11.9 Å². The fourth-order valence-corrected chi connectivity index (χ4v) is 3.84. The van der Waals surface area contributed by atoms with E-state index in [0.29, 0.717) is 18.3 Å². The molecule has 0 spiro atoms. The summed E-state index contributed by atoms with van der Waals surface area (Å²) in [5, 5.41) is 2.47. The zero-order valence-electron chi connectivity index (χ0n) is 19.1. The molecule has 1 saturated heterocycles. The van der Waals surface area contributed by atoms with Crippen molar-refractivity contribution in [3.05, 3.63) is 47.5 Å². The molecule has 2 aromatic rings. The Balaban J connectivity index is 1.36. The number of aryl methyl sites for hydroxylation is 1. The van der Waals surface area contributed by atoms with Crippen LogP contribution < -0.4 is 20.7 Å². The first-order valence-electron chi connectivity index (χ1n) is 11.5. The predicted octanol–water partition coefficient (Wildman–Crippen LogP) is 2.86. The Hall–Kier alpha value is -3.23. The van der Waals surface area contributed by atoms with Crippen LogP contribution in [0.1, 0.15) is 54.9 Å². The first-order valence-corrected chi connectivity index (χ1v) is 11.5. The second-order valence-electron chi connectivity index (χ2n) is 8.28. The number of hydrogen-bond acceptors (Lipinski definition) is 6. The maximum atomic E-state index is 14.3. The first kappa shape index (κ1) is 24.4. The van der Waals surface area contributed by atoms with E-state index in [4.69, 9.17) is 10.5 Å². The Bertz CT molecular complexity index is 930. The van der Waals surface area contributed by atoms with Crippen LogP contribution in [0.5, 0.6) is 5.75 Å². The Morgan fingerprint density at radius 3 is 2.61 bits per heavy atom. The quantitative estimate of drug-likeness (QED) is 0.502. The minimum atomic E-state index is -0.661. The van der Waals surface area contributed by atoms with Crippen molar-refractivity contribution in [2.24, 2.45) is 11.7 Å². The SMILES string of the molecule is CCc1cnc(N2CCC(CCCOc3ccc(C(=O)NCCC(N)=O)c(F)c3)CC2)nc1. The Kier molecular flexibility index (Phi) is 8.97. The third-order valence-electron chi connectivity index (χ3n) is 5.86. The molecule has 0 unspecified atom stereocenters. The molecule has 8 nitrogen and oxygen atoms in total. The van der Waals surface area contributed by atoms with Gasteiger partial charge in [0.1, 0.15) is 11.6 Å². The van der Waals surface area contributed by atoms with Crippen molar-refractivity contribution >= 4 is 17.8 Å². The topological polar surface area (TPSA) is 110 Å². The summed E-state index contributed by atoms with van der Waals surface area (Å²) in [7, 11) is 0. The van der Waals surface area contributed by atoms with E-state index in [-0.39, 0.29) is 18.5 Å². The molecular formula is C24H32FN5O3. The van der Waals surface area contributed by atoms with Gasteiger partial charge in [-0.2, -0.15) is 0 Å². The molecule has 0 radical (unpaired) electrons. The van der Waals surface area contributed by atoms with E-state index in [9.17, 15) is 14.0 Å². The van der Waals surface area contributed by atoms with Gasteiger partial charge >= 0.3 is 0 Å². The van der Waals surface area contributed by atoms with Crippen LogP contribution in [0.2, 0.25) is 0 Å². The predicted molar refractivity (Wildman–Crippen MR) is 124 cm³/mol. The lowest BCUT2D eigenvalue weighted by Crippen LogP contribution is -2.35. The van der Waals surface area contributed by atoms with Gasteiger partial charge in [0.25, 0.3) is 5.91 Å². The number of nitrogens with zero attached hydrogens (tertiary/aromatic N) is 3. The van der Waals surface area contributed by atoms with Gasteiger partial charge in [-0.1, -0.05) is 6.92 Å². The zero-order chi connectivity index (χ0) is 23.6. The average Bonchev–Trinajstić information content (AvgIpc) is 2.82. The molecule has 178 valence electrons. The van der Waals surface area contributed by atoms with Gasteiger partial charge in [0.15, 0.2) is 0 Å². The number of nitrogens with two attached hydrogens (primary N) is 1. The smallest absolute Gasteiger partial charge is 0.254 e. The van der Waals surface area contributed by atoms with Gasteiger partial charge in [-0.15, -0.1) is 0 Å². The molecule has 2 heterocycles. The minimum absolute atomic E-state index is 0.00735. The van der Waals surface area contributed by atoms with Crippen LogP contribution >= 0.6 is 0 Å². The number of nitrogens with one attached hydrogen (secondary N) is 1. The first-order chi connectivity index (χ1) is 16.0. The van der Waals surface area contributed by atoms with E-state index in [1.54, 1.807) is 6.07 Å². The average molecular weight is 458 g/mol. The third-order valence-corrected chi connectivity index (χ3v) is 5.86. The molecule has 3 N–H and O–H groups in total. The van der Waals surface area contributed by atoms with Crippen LogP contribution in [0.4, 0.5) is 10.3 Å². The van der Waals surface area contributed by atoms with Crippen molar-refractivity contribution in [3.8, 4) is 5.75 Å². The standard InChI is InChI=1S/C24H32FN5O3/c1-2-17-15-28-24(29-16-17)30-11-8-18(9-12-30)4-3-13-33-19-5-6-20(21(25)14-19)23(32)27-10-7-22(26)31/h5-6,14-16,18H,2-4,7-13H2,1H3,(H2,26,31)(H,27,32). The van der Waals surface area contributed by atoms with E-state index in [1.165, 1.54) is 12.1 Å². The van der Waals surface area contributed by atoms with Gasteiger partial charge in [0, 0.05) is 44.5 Å². The summed E-state index contributed by atoms with van der Waals surface area (Å²) >= 11 is 0. The van der Waals surface area contributed by atoms with Crippen LogP contribution in [0.3, 0.4) is 0 Å². The lowest BCUT2D eigenvalue weighted by atomic mass is 9.92. The summed E-state index contributed by atoms with van der Waals surface area (Å²) < 4.78 is 19.9. The lowest BCUT2D eigenvalue weighted by molar-refractivity contribution is -0.117. The number of carbonyl (C=O) groups is 2. The summed E-state index contributed by atoms with van der Waals surface area (Å²) in [6.07, 6.45) is 8.85. The van der Waals surface area contributed by atoms with Gasteiger partial charge in [-0.3, -0.25) is 9.59 Å². The molecule has 1 aliphatic heterocycles. The Morgan fingerprint density at radius 2 is 1.97 bits per heavy atom. The highest BCUT2D eigenvalue weighted by molar-refractivity contribution is 5.94. The number of aromatic nitrogens is 2. The van der Waals surface area contributed by atoms with Crippen molar-refractivity contribution in [3.63, 3.8) is 0 Å². The molecular weight excluding hydrogens is 425 g/mol. The molecule has 0 aliphatic carbocycles. The Morgan fingerprint density at radius 1 is 1.24 bits per heavy atom. The van der Waals surface area contributed by atoms with Gasteiger partial charge in [-0.05, 0) is 55.7 Å². The molecule has 2 amide bonds. The number of primary amides is 1. The van der Waals surface area contributed by atoms with E-state index in [1.807, 2.05) is 12.4 Å². The second-order valence-corrected chi connectivity index (χ2v) is 8.28. The van der Waals surface area contributed by atoms with E-state index >= 15 is 0 Å². The molecule has 9 heteroatoms. The molecule has 0 bridgehead atoms. The summed E-state index contributed by atoms with van der Waals surface area (Å²) in [5.74, 6) is 0.0532. The highest BCUT2D eigenvalue weighted by atomic mass is 19.1. The number of halogens is 1. The monoisotopic (exact) mass is 457 g/mol. The summed E-state index contributed by atoms with van der Waals surface area (Å²) in [5.41, 5.74) is 6.08. The highest BCUT2D eigenvalue weighted by Crippen LogP contribution is 2.24. The zero-order valence-corrected chi connectivity index (χ0v) is 19.1. The fraction of sp³-hybridized carbons (Fsp3) is 0.500. The van der Waals surface area contributed by atoms with Crippen molar-refractivity contribution < 1.29 is 18.7 Å². The fourth-order valence-electron chi connectivity index (χ4n) is 3.84. The molecule has 3 rings (SSSR count). The number of amides is 2. The summed E-state index contributed by atoms with van der Waals surface area (Å²) in [4.78, 5) is 33.9. The second kappa shape index (κ2) is 12.1. The van der Waals surface area contributed by atoms with Crippen LogP contribution in [0.25, 0.3) is 0 Å². The van der Waals surface area contributed by atoms with E-state index in [0.717, 1.165) is 56.7 Å². The highest BCUT2D eigenvalue weighted by Gasteiger charge is 2.20. The summed E-state index contributed by atoms with van der Waals surface area (Å²) in [6.45, 7) is 4.55. The van der Waals surface area contributed by atoms with Crippen molar-refractivity contribution in [1.82, 2.24) is 15.3 Å². The molecule has 1 aromatic carbocycles. The van der Waals surface area contributed by atoms with Crippen LogP contribution in [-0.2, 0) is 11.2 Å². The Labute approximate surface area is 193 Å². The number of piperidine rings is 1. The van der Waals surface area contributed by atoms with Gasteiger partial charge in [-0.25, -0.2) is 14.4 Å². The molecule has 0 saturated carbocycles. The minimum Gasteiger partial charge on any atom is -0.493 e. The molecule has 1 fully saturated rings. The van der Waals surface area contributed by atoms with Gasteiger partial charge in [0.05, 0.1) is 12.2 Å². The number of benzene rings is 1. The molecule has 33 heavy (non-hydrogen) atoms. The van der Waals surface area contributed by atoms with E-state index in [2.05, 4.69) is 27.1 Å². The molecule has 1 aliphatic rings. The summed E-state index contributed by atoms with van der Waals surface area (Å²) in [6, 6.07) is 4.18. The lowest BCUT2D eigenvalue weighted by Gasteiger charge is -2.32. The number of rotatable bonds is 11. The van der Waals surface area contributed by atoms with Crippen molar-refractivity contribution in [2.75, 3.05) is 31.1 Å². The normalized spacial score (nSPS) is 14.2. The maximum Gasteiger partial charge on any atom is 0.254 e. The third kappa shape index (κ3) is 7.40. The van der Waals surface area contributed by atoms with E-state index < -0.39 is 17.6 Å². The largest absolute Gasteiger partial charge is 0.493 e. The number of anilines is 1. The van der Waals surface area contributed by atoms with Gasteiger partial charge < -0.3 is 20.7 Å². The number of carbonyl (C=O) groups excluding carboxylic acids is 2. The number of ether oxygens (including phenoxy) is 1. The van der Waals surface area contributed by atoms with Crippen LogP contribution in [0, 0.1) is 11.7 Å². The number of hydrogen-bond donors (Lipinski definition) is 2. The van der Waals surface area contributed by atoms with Crippen molar-refractivity contribution in [2.45, 2.75) is 45.4 Å². The van der Waals surface area contributed by atoms with Crippen LogP contribution in [0.15, 0.2) is 30.6 Å². The molecule has 0 atom stereocenters. The molecule has 1 aromatic heterocycles. The van der Waals surface area contributed by atoms with Crippen LogP contribution in [-0.4, -0.2) is 48.0 Å². The van der Waals surface area contributed by atoms with Crippen molar-refractivity contribution in [1.29, 1.82) is 0 Å². The maximum absolute atomic E-state index is 14.3.